The van der Waals surface area contributed by atoms with Crippen molar-refractivity contribution in [1.29, 1.82) is 0 Å². The Kier molecular flexibility index (Phi) is 6.52. The van der Waals surface area contributed by atoms with Gasteiger partial charge in [0.2, 0.25) is 15.9 Å². The number of benzene rings is 2. The third kappa shape index (κ3) is 5.09. The normalized spacial score (nSPS) is 15.7. The van der Waals surface area contributed by atoms with Gasteiger partial charge in [0.15, 0.2) is 0 Å². The molecule has 27 heavy (non-hydrogen) atoms. The van der Waals surface area contributed by atoms with Gasteiger partial charge in [0.1, 0.15) is 0 Å². The number of hydrogen-bond donors (Lipinski definition) is 0. The summed E-state index contributed by atoms with van der Waals surface area (Å²) in [5.74, 6) is 0.0921. The van der Waals surface area contributed by atoms with Crippen LogP contribution in [0.3, 0.4) is 0 Å². The summed E-state index contributed by atoms with van der Waals surface area (Å²) < 4.78 is 26.8. The molecule has 1 amide bonds. The Morgan fingerprint density at radius 1 is 0.926 bits per heavy atom. The molecule has 144 valence electrons. The number of piperazine rings is 1. The fourth-order valence-corrected chi connectivity index (χ4v) is 4.73. The number of aryl methyl sites for hydroxylation is 1. The smallest absolute Gasteiger partial charge is 0.243 e. The summed E-state index contributed by atoms with van der Waals surface area (Å²) in [6.45, 7) is 1.48. The summed E-state index contributed by atoms with van der Waals surface area (Å²) in [5, 5.41) is 0.500. The molecule has 0 unspecified atom stereocenters. The van der Waals surface area contributed by atoms with Gasteiger partial charge >= 0.3 is 0 Å². The molecule has 5 nitrogen and oxygen atoms in total. The molecule has 2 aromatic rings. The van der Waals surface area contributed by atoms with Gasteiger partial charge in [-0.1, -0.05) is 41.9 Å². The largest absolute Gasteiger partial charge is 0.340 e. The maximum absolute atomic E-state index is 12.7. The van der Waals surface area contributed by atoms with Crippen molar-refractivity contribution in [1.82, 2.24) is 9.21 Å². The Balaban J connectivity index is 1.49. The molecule has 1 fully saturated rings. The summed E-state index contributed by atoms with van der Waals surface area (Å²) in [5.41, 5.74) is 1.23. The van der Waals surface area contributed by atoms with Crippen molar-refractivity contribution in [3.63, 3.8) is 0 Å². The van der Waals surface area contributed by atoms with Gasteiger partial charge in [-0.05, 0) is 42.7 Å². The zero-order valence-electron chi connectivity index (χ0n) is 15.1. The minimum atomic E-state index is -3.54. The highest BCUT2D eigenvalue weighted by molar-refractivity contribution is 7.89. The van der Waals surface area contributed by atoms with Crippen molar-refractivity contribution < 1.29 is 13.2 Å². The summed E-state index contributed by atoms with van der Waals surface area (Å²) in [6.07, 6.45) is 2.16. The van der Waals surface area contributed by atoms with E-state index in [9.17, 15) is 13.2 Å². The molecule has 7 heteroatoms. The predicted octanol–water partition coefficient (Wildman–Crippen LogP) is 3.20. The minimum Gasteiger partial charge on any atom is -0.340 e. The Morgan fingerprint density at radius 2 is 1.56 bits per heavy atom. The number of sulfonamides is 1. The van der Waals surface area contributed by atoms with Crippen LogP contribution in [0.1, 0.15) is 18.4 Å². The third-order valence-corrected chi connectivity index (χ3v) is 6.91. The average molecular weight is 407 g/mol. The lowest BCUT2D eigenvalue weighted by molar-refractivity contribution is -0.132. The van der Waals surface area contributed by atoms with Gasteiger partial charge in [0.05, 0.1) is 4.90 Å². The van der Waals surface area contributed by atoms with Crippen LogP contribution in [-0.4, -0.2) is 49.7 Å². The van der Waals surface area contributed by atoms with Crippen LogP contribution in [0.4, 0.5) is 0 Å². The van der Waals surface area contributed by atoms with Crippen LogP contribution in [0.15, 0.2) is 59.5 Å². The van der Waals surface area contributed by atoms with E-state index in [4.69, 9.17) is 11.6 Å². The van der Waals surface area contributed by atoms with Crippen LogP contribution >= 0.6 is 11.6 Å². The minimum absolute atomic E-state index is 0.0921. The van der Waals surface area contributed by atoms with Crippen LogP contribution < -0.4 is 0 Å². The van der Waals surface area contributed by atoms with E-state index in [0.717, 1.165) is 12.8 Å². The standard InChI is InChI=1S/C20H23ClN2O3S/c21-18-9-11-19(12-10-18)27(25,26)23-15-13-22(14-16-23)20(24)8-4-7-17-5-2-1-3-6-17/h1-3,5-6,9-12H,4,7-8,13-16H2. The van der Waals surface area contributed by atoms with E-state index in [2.05, 4.69) is 12.1 Å². The summed E-state index contributed by atoms with van der Waals surface area (Å²) in [7, 11) is -3.54. The molecule has 0 spiro atoms. The Labute approximate surface area is 165 Å². The van der Waals surface area contributed by atoms with E-state index >= 15 is 0 Å². The molecule has 2 aromatic carbocycles. The van der Waals surface area contributed by atoms with Gasteiger partial charge in [-0.2, -0.15) is 4.31 Å². The summed E-state index contributed by atoms with van der Waals surface area (Å²) in [6, 6.07) is 16.3. The van der Waals surface area contributed by atoms with Crippen molar-refractivity contribution in [2.45, 2.75) is 24.2 Å². The highest BCUT2D eigenvalue weighted by Gasteiger charge is 2.29. The highest BCUT2D eigenvalue weighted by atomic mass is 35.5. The number of amides is 1. The molecule has 1 aliphatic rings. The number of rotatable bonds is 6. The monoisotopic (exact) mass is 406 g/mol. The van der Waals surface area contributed by atoms with Crippen molar-refractivity contribution >= 4 is 27.5 Å². The van der Waals surface area contributed by atoms with E-state index in [-0.39, 0.29) is 10.8 Å². The van der Waals surface area contributed by atoms with Gasteiger partial charge in [-0.3, -0.25) is 4.79 Å². The molecule has 1 aliphatic heterocycles. The van der Waals surface area contributed by atoms with Gasteiger partial charge in [0, 0.05) is 37.6 Å². The Bertz CT molecular complexity index is 862. The van der Waals surface area contributed by atoms with Crippen LogP contribution in [0.2, 0.25) is 5.02 Å². The number of nitrogens with zero attached hydrogens (tertiary/aromatic N) is 2. The van der Waals surface area contributed by atoms with Crippen LogP contribution in [0, 0.1) is 0 Å². The quantitative estimate of drug-likeness (QED) is 0.740. The fourth-order valence-electron chi connectivity index (χ4n) is 3.18. The van der Waals surface area contributed by atoms with E-state index in [1.807, 2.05) is 18.2 Å². The number of hydrogen-bond acceptors (Lipinski definition) is 3. The lowest BCUT2D eigenvalue weighted by atomic mass is 10.1. The molecule has 3 rings (SSSR count). The first-order valence-corrected chi connectivity index (χ1v) is 10.9. The van der Waals surface area contributed by atoms with E-state index in [1.165, 1.54) is 22.0 Å². The molecule has 0 radical (unpaired) electrons. The SMILES string of the molecule is O=C(CCCc1ccccc1)N1CCN(S(=O)(=O)c2ccc(Cl)cc2)CC1. The second-order valence-electron chi connectivity index (χ2n) is 6.58. The zero-order valence-corrected chi connectivity index (χ0v) is 16.6. The first-order valence-electron chi connectivity index (χ1n) is 9.04. The lowest BCUT2D eigenvalue weighted by Gasteiger charge is -2.34. The predicted molar refractivity (Wildman–Crippen MR) is 106 cm³/mol. The number of halogens is 1. The van der Waals surface area contributed by atoms with E-state index < -0.39 is 10.0 Å². The first-order chi connectivity index (χ1) is 13.0. The first kappa shape index (κ1) is 19.9. The van der Waals surface area contributed by atoms with Crippen molar-refractivity contribution in [3.8, 4) is 0 Å². The van der Waals surface area contributed by atoms with E-state index in [1.54, 1.807) is 17.0 Å². The molecule has 0 aliphatic carbocycles. The zero-order chi connectivity index (χ0) is 19.3. The molecule has 0 bridgehead atoms. The van der Waals surface area contributed by atoms with Gasteiger partial charge in [0.25, 0.3) is 0 Å². The summed E-state index contributed by atoms with van der Waals surface area (Å²) in [4.78, 5) is 14.4. The van der Waals surface area contributed by atoms with Crippen molar-refractivity contribution in [2.24, 2.45) is 0 Å². The third-order valence-electron chi connectivity index (χ3n) is 4.74. The van der Waals surface area contributed by atoms with Crippen LogP contribution in [0.5, 0.6) is 0 Å². The summed E-state index contributed by atoms with van der Waals surface area (Å²) >= 11 is 5.83. The van der Waals surface area contributed by atoms with Crippen molar-refractivity contribution in [3.05, 3.63) is 65.2 Å². The molecule has 1 saturated heterocycles. The number of carbonyl (C=O) groups excluding carboxylic acids is 1. The molecular weight excluding hydrogens is 384 g/mol. The average Bonchev–Trinajstić information content (AvgIpc) is 2.69. The maximum Gasteiger partial charge on any atom is 0.243 e. The molecule has 0 N–H and O–H groups in total. The number of carbonyl (C=O) groups is 1. The molecule has 0 saturated carbocycles. The lowest BCUT2D eigenvalue weighted by Crippen LogP contribution is -2.50. The van der Waals surface area contributed by atoms with Crippen LogP contribution in [0.25, 0.3) is 0 Å². The van der Waals surface area contributed by atoms with Gasteiger partial charge < -0.3 is 4.90 Å². The molecular formula is C20H23ClN2O3S. The second kappa shape index (κ2) is 8.87. The molecule has 0 aromatic heterocycles. The van der Waals surface area contributed by atoms with Gasteiger partial charge in [-0.15, -0.1) is 0 Å². The Hall–Kier alpha value is -1.89. The Morgan fingerprint density at radius 3 is 2.19 bits per heavy atom. The van der Waals surface area contributed by atoms with Crippen LogP contribution in [-0.2, 0) is 21.2 Å². The molecule has 0 atom stereocenters. The maximum atomic E-state index is 12.7. The second-order valence-corrected chi connectivity index (χ2v) is 8.95. The topological polar surface area (TPSA) is 57.7 Å². The van der Waals surface area contributed by atoms with Gasteiger partial charge in [-0.25, -0.2) is 8.42 Å². The fraction of sp³-hybridized carbons (Fsp3) is 0.350. The van der Waals surface area contributed by atoms with Crippen molar-refractivity contribution in [2.75, 3.05) is 26.2 Å². The molecule has 1 heterocycles. The van der Waals surface area contributed by atoms with E-state index in [0.29, 0.717) is 37.6 Å². The highest BCUT2D eigenvalue weighted by Crippen LogP contribution is 2.20.